The summed E-state index contributed by atoms with van der Waals surface area (Å²) in [5.74, 6) is 0.0301. The Balaban J connectivity index is 2.28. The summed E-state index contributed by atoms with van der Waals surface area (Å²) in [5.41, 5.74) is 1.17. The molecule has 2 rings (SSSR count). The van der Waals surface area contributed by atoms with Gasteiger partial charge in [-0.3, -0.25) is 4.79 Å². The van der Waals surface area contributed by atoms with Crippen LogP contribution in [0.1, 0.15) is 24.5 Å². The average molecular weight is 223 g/mol. The number of aliphatic hydroxyl groups is 1. The smallest absolute Gasteiger partial charge is 0.161 e. The Hall–Kier alpha value is -1.12. The van der Waals surface area contributed by atoms with Crippen molar-refractivity contribution in [2.24, 2.45) is 0 Å². The van der Waals surface area contributed by atoms with Gasteiger partial charge in [0.25, 0.3) is 0 Å². The zero-order valence-electron chi connectivity index (χ0n) is 8.11. The Kier molecular flexibility index (Phi) is 2.89. The van der Waals surface area contributed by atoms with E-state index in [1.54, 1.807) is 30.3 Å². The quantitative estimate of drug-likeness (QED) is 0.836. The molecule has 0 heterocycles. The van der Waals surface area contributed by atoms with E-state index in [1.807, 2.05) is 0 Å². The van der Waals surface area contributed by atoms with Crippen LogP contribution in [-0.4, -0.2) is 10.9 Å². The van der Waals surface area contributed by atoms with E-state index in [-0.39, 0.29) is 5.78 Å². The molecule has 0 spiro atoms. The Bertz CT molecular complexity index is 423. The van der Waals surface area contributed by atoms with Crippen LogP contribution in [0.2, 0.25) is 5.02 Å². The molecule has 0 fully saturated rings. The second-order valence-corrected chi connectivity index (χ2v) is 4.02. The fourth-order valence-corrected chi connectivity index (χ4v) is 1.94. The molecule has 15 heavy (non-hydrogen) atoms. The SMILES string of the molecule is O=C1CCC=C1C(O)c1cccc(Cl)c1. The van der Waals surface area contributed by atoms with Crippen molar-refractivity contribution in [2.45, 2.75) is 18.9 Å². The second-order valence-electron chi connectivity index (χ2n) is 3.58. The molecule has 1 unspecified atom stereocenters. The molecule has 0 aliphatic heterocycles. The third-order valence-electron chi connectivity index (χ3n) is 2.52. The number of benzene rings is 1. The van der Waals surface area contributed by atoms with Crippen LogP contribution in [0.15, 0.2) is 35.9 Å². The lowest BCUT2D eigenvalue weighted by molar-refractivity contribution is -0.115. The predicted molar refractivity (Wildman–Crippen MR) is 58.7 cm³/mol. The van der Waals surface area contributed by atoms with Crippen molar-refractivity contribution < 1.29 is 9.90 Å². The van der Waals surface area contributed by atoms with Gasteiger partial charge in [-0.15, -0.1) is 0 Å². The predicted octanol–water partition coefficient (Wildman–Crippen LogP) is 2.66. The summed E-state index contributed by atoms with van der Waals surface area (Å²) in [7, 11) is 0. The van der Waals surface area contributed by atoms with Gasteiger partial charge in [0.15, 0.2) is 5.78 Å². The van der Waals surface area contributed by atoms with Crippen molar-refractivity contribution in [1.29, 1.82) is 0 Å². The summed E-state index contributed by atoms with van der Waals surface area (Å²) in [6.07, 6.45) is 2.20. The van der Waals surface area contributed by atoms with Crippen LogP contribution in [0.4, 0.5) is 0 Å². The maximum Gasteiger partial charge on any atom is 0.161 e. The van der Waals surface area contributed by atoms with Gasteiger partial charge in [-0.05, 0) is 24.1 Å². The van der Waals surface area contributed by atoms with Crippen LogP contribution in [0.25, 0.3) is 0 Å². The minimum atomic E-state index is -0.835. The van der Waals surface area contributed by atoms with Crippen LogP contribution < -0.4 is 0 Å². The van der Waals surface area contributed by atoms with Crippen molar-refractivity contribution in [2.75, 3.05) is 0 Å². The van der Waals surface area contributed by atoms with Crippen molar-refractivity contribution in [3.63, 3.8) is 0 Å². The van der Waals surface area contributed by atoms with Crippen LogP contribution >= 0.6 is 11.6 Å². The van der Waals surface area contributed by atoms with Gasteiger partial charge in [-0.2, -0.15) is 0 Å². The summed E-state index contributed by atoms with van der Waals surface area (Å²) in [6.45, 7) is 0. The highest BCUT2D eigenvalue weighted by Gasteiger charge is 2.23. The lowest BCUT2D eigenvalue weighted by atomic mass is 10.0. The molecule has 0 radical (unpaired) electrons. The van der Waals surface area contributed by atoms with E-state index in [0.29, 0.717) is 22.6 Å². The average Bonchev–Trinajstić information content (AvgIpc) is 2.63. The van der Waals surface area contributed by atoms with E-state index in [0.717, 1.165) is 6.42 Å². The highest BCUT2D eigenvalue weighted by Crippen LogP contribution is 2.29. The van der Waals surface area contributed by atoms with E-state index < -0.39 is 6.10 Å². The van der Waals surface area contributed by atoms with E-state index in [2.05, 4.69) is 0 Å². The molecule has 0 aromatic heterocycles. The first-order valence-electron chi connectivity index (χ1n) is 4.85. The lowest BCUT2D eigenvalue weighted by Gasteiger charge is -2.11. The Labute approximate surface area is 93.2 Å². The van der Waals surface area contributed by atoms with Gasteiger partial charge in [0.05, 0.1) is 0 Å². The largest absolute Gasteiger partial charge is 0.384 e. The summed E-state index contributed by atoms with van der Waals surface area (Å²) in [6, 6.07) is 6.95. The van der Waals surface area contributed by atoms with Gasteiger partial charge >= 0.3 is 0 Å². The summed E-state index contributed by atoms with van der Waals surface area (Å²) in [5, 5.41) is 10.5. The molecular formula is C12H11ClO2. The number of rotatable bonds is 2. The number of hydrogen-bond acceptors (Lipinski definition) is 2. The molecule has 0 saturated heterocycles. The molecular weight excluding hydrogens is 212 g/mol. The molecule has 0 saturated carbocycles. The van der Waals surface area contributed by atoms with Crippen molar-refractivity contribution in [3.05, 3.63) is 46.5 Å². The number of aliphatic hydroxyl groups excluding tert-OH is 1. The third-order valence-corrected chi connectivity index (χ3v) is 2.75. The van der Waals surface area contributed by atoms with Crippen LogP contribution in [0.5, 0.6) is 0 Å². The van der Waals surface area contributed by atoms with Gasteiger partial charge in [0.2, 0.25) is 0 Å². The molecule has 2 nitrogen and oxygen atoms in total. The molecule has 1 aromatic rings. The highest BCUT2D eigenvalue weighted by molar-refractivity contribution is 6.30. The van der Waals surface area contributed by atoms with Crippen LogP contribution in [0, 0.1) is 0 Å². The minimum absolute atomic E-state index is 0.0301. The topological polar surface area (TPSA) is 37.3 Å². The van der Waals surface area contributed by atoms with Gasteiger partial charge in [-0.25, -0.2) is 0 Å². The Morgan fingerprint density at radius 3 is 2.80 bits per heavy atom. The third kappa shape index (κ3) is 2.11. The fourth-order valence-electron chi connectivity index (χ4n) is 1.74. The Morgan fingerprint density at radius 2 is 2.20 bits per heavy atom. The van der Waals surface area contributed by atoms with E-state index >= 15 is 0 Å². The summed E-state index contributed by atoms with van der Waals surface area (Å²) < 4.78 is 0. The van der Waals surface area contributed by atoms with Gasteiger partial charge in [-0.1, -0.05) is 29.8 Å². The lowest BCUT2D eigenvalue weighted by Crippen LogP contribution is -2.07. The molecule has 1 aromatic carbocycles. The maximum absolute atomic E-state index is 11.4. The molecule has 1 N–H and O–H groups in total. The van der Waals surface area contributed by atoms with Gasteiger partial charge < -0.3 is 5.11 Å². The summed E-state index contributed by atoms with van der Waals surface area (Å²) in [4.78, 5) is 11.4. The normalized spacial score (nSPS) is 17.7. The number of hydrogen-bond donors (Lipinski definition) is 1. The number of ketones is 1. The number of carbonyl (C=O) groups is 1. The molecule has 0 amide bonds. The van der Waals surface area contributed by atoms with E-state index in [1.165, 1.54) is 0 Å². The first-order chi connectivity index (χ1) is 7.18. The zero-order valence-corrected chi connectivity index (χ0v) is 8.87. The molecule has 78 valence electrons. The number of halogens is 1. The molecule has 0 bridgehead atoms. The first kappa shape index (κ1) is 10.4. The fraction of sp³-hybridized carbons (Fsp3) is 0.250. The van der Waals surface area contributed by atoms with E-state index in [9.17, 15) is 9.90 Å². The van der Waals surface area contributed by atoms with Gasteiger partial charge in [0, 0.05) is 17.0 Å². The van der Waals surface area contributed by atoms with Crippen molar-refractivity contribution in [3.8, 4) is 0 Å². The molecule has 1 aliphatic rings. The highest BCUT2D eigenvalue weighted by atomic mass is 35.5. The summed E-state index contributed by atoms with van der Waals surface area (Å²) >= 11 is 5.82. The van der Waals surface area contributed by atoms with E-state index in [4.69, 9.17) is 11.6 Å². The standard InChI is InChI=1S/C12H11ClO2/c13-9-4-1-3-8(7-9)12(15)10-5-2-6-11(10)14/h1,3-5,7,12,15H,2,6H2. The molecule has 1 aliphatic carbocycles. The Morgan fingerprint density at radius 1 is 1.40 bits per heavy atom. The van der Waals surface area contributed by atoms with Gasteiger partial charge in [0.1, 0.15) is 6.10 Å². The number of allylic oxidation sites excluding steroid dienone is 1. The van der Waals surface area contributed by atoms with Crippen molar-refractivity contribution in [1.82, 2.24) is 0 Å². The maximum atomic E-state index is 11.4. The van der Waals surface area contributed by atoms with Crippen molar-refractivity contribution >= 4 is 17.4 Å². The number of carbonyl (C=O) groups excluding carboxylic acids is 1. The van der Waals surface area contributed by atoms with Crippen LogP contribution in [-0.2, 0) is 4.79 Å². The molecule has 1 atom stereocenters. The zero-order chi connectivity index (χ0) is 10.8. The first-order valence-corrected chi connectivity index (χ1v) is 5.23. The molecule has 3 heteroatoms. The van der Waals surface area contributed by atoms with Crippen LogP contribution in [0.3, 0.4) is 0 Å². The second kappa shape index (κ2) is 4.17. The number of Topliss-reactive ketones (excluding diaryl/α,β-unsaturated/α-hetero) is 1. The monoisotopic (exact) mass is 222 g/mol. The minimum Gasteiger partial charge on any atom is -0.384 e.